The van der Waals surface area contributed by atoms with E-state index in [2.05, 4.69) is 20.3 Å². The van der Waals surface area contributed by atoms with Crippen LogP contribution in [0.2, 0.25) is 0 Å². The zero-order valence-electron chi connectivity index (χ0n) is 13.4. The van der Waals surface area contributed by atoms with Crippen LogP contribution in [0.5, 0.6) is 0 Å². The average molecular weight is 335 g/mol. The Morgan fingerprint density at radius 2 is 1.79 bits per heavy atom. The fraction of sp³-hybridized carbons (Fsp3) is 0.312. The molecule has 0 aliphatic carbocycles. The number of rotatable bonds is 2. The highest BCUT2D eigenvalue weighted by molar-refractivity contribution is 5.60. The molecule has 0 atom stereocenters. The van der Waals surface area contributed by atoms with Crippen molar-refractivity contribution in [2.75, 3.05) is 5.32 Å². The van der Waals surface area contributed by atoms with Crippen LogP contribution in [-0.4, -0.2) is 24.9 Å². The Morgan fingerprint density at radius 1 is 1.04 bits per heavy atom. The second kappa shape index (κ2) is 5.47. The zero-order valence-corrected chi connectivity index (χ0v) is 13.4. The number of fused-ring (bicyclic) bond motifs is 1. The van der Waals surface area contributed by atoms with E-state index in [9.17, 15) is 13.2 Å². The number of imidazole rings is 1. The van der Waals surface area contributed by atoms with Crippen molar-refractivity contribution in [2.24, 2.45) is 0 Å². The molecule has 3 rings (SSSR count). The number of hydrogen-bond acceptors (Lipinski definition) is 4. The summed E-state index contributed by atoms with van der Waals surface area (Å²) in [6, 6.07) is 6.36. The van der Waals surface area contributed by atoms with Crippen LogP contribution >= 0.6 is 0 Å². The first-order chi connectivity index (χ1) is 11.1. The summed E-state index contributed by atoms with van der Waals surface area (Å²) in [6.45, 7) is 6.04. The third kappa shape index (κ3) is 3.32. The second-order valence-corrected chi connectivity index (χ2v) is 6.41. The lowest BCUT2D eigenvalue weighted by Gasteiger charge is -2.21. The maximum Gasteiger partial charge on any atom is 0.433 e. The molecular formula is C16H16F3N5. The van der Waals surface area contributed by atoms with E-state index in [4.69, 9.17) is 0 Å². The molecule has 3 aromatic rings. The first-order valence-electron chi connectivity index (χ1n) is 7.30. The SMILES string of the molecule is CC(C)(C)Nc1cccc(-c2cnc3nc(C(F)(F)F)ccn23)n1. The molecule has 3 heterocycles. The topological polar surface area (TPSA) is 55.1 Å². The van der Waals surface area contributed by atoms with Crippen LogP contribution < -0.4 is 5.32 Å². The summed E-state index contributed by atoms with van der Waals surface area (Å²) in [5.74, 6) is 0.658. The third-order valence-corrected chi connectivity index (χ3v) is 3.18. The van der Waals surface area contributed by atoms with Gasteiger partial charge in [-0.25, -0.2) is 15.0 Å². The molecule has 0 radical (unpaired) electrons. The van der Waals surface area contributed by atoms with Gasteiger partial charge in [0.05, 0.1) is 17.6 Å². The van der Waals surface area contributed by atoms with E-state index >= 15 is 0 Å². The Labute approximate surface area is 136 Å². The second-order valence-electron chi connectivity index (χ2n) is 6.41. The van der Waals surface area contributed by atoms with Gasteiger partial charge in [-0.15, -0.1) is 0 Å². The van der Waals surface area contributed by atoms with Crippen LogP contribution in [0.4, 0.5) is 19.0 Å². The molecule has 0 saturated carbocycles. The van der Waals surface area contributed by atoms with Gasteiger partial charge >= 0.3 is 6.18 Å². The average Bonchev–Trinajstić information content (AvgIpc) is 2.87. The van der Waals surface area contributed by atoms with E-state index in [1.54, 1.807) is 6.07 Å². The van der Waals surface area contributed by atoms with E-state index in [1.807, 2.05) is 32.9 Å². The third-order valence-electron chi connectivity index (χ3n) is 3.18. The Bertz CT molecular complexity index is 877. The molecule has 0 spiro atoms. The molecule has 8 heteroatoms. The van der Waals surface area contributed by atoms with Gasteiger partial charge in [-0.3, -0.25) is 4.40 Å². The standard InChI is InChI=1S/C16H16F3N5/c1-15(2,3)23-13-6-4-5-10(21-13)11-9-20-14-22-12(16(17,18)19)7-8-24(11)14/h4-9H,1-3H3,(H,21,23). The number of nitrogens with one attached hydrogen (secondary N) is 1. The van der Waals surface area contributed by atoms with Crippen LogP contribution in [0.3, 0.4) is 0 Å². The molecule has 0 saturated heterocycles. The van der Waals surface area contributed by atoms with Crippen LogP contribution in [0, 0.1) is 0 Å². The monoisotopic (exact) mass is 335 g/mol. The van der Waals surface area contributed by atoms with E-state index in [0.29, 0.717) is 17.2 Å². The summed E-state index contributed by atoms with van der Waals surface area (Å²) in [5, 5.41) is 3.26. The van der Waals surface area contributed by atoms with Crippen molar-refractivity contribution >= 4 is 11.6 Å². The fourth-order valence-electron chi connectivity index (χ4n) is 2.25. The predicted molar refractivity (Wildman–Crippen MR) is 84.6 cm³/mol. The highest BCUT2D eigenvalue weighted by Gasteiger charge is 2.33. The largest absolute Gasteiger partial charge is 0.433 e. The first kappa shape index (κ1) is 16.2. The van der Waals surface area contributed by atoms with Crippen LogP contribution in [0.25, 0.3) is 17.2 Å². The number of alkyl halides is 3. The molecule has 0 fully saturated rings. The maximum absolute atomic E-state index is 12.7. The van der Waals surface area contributed by atoms with Crippen LogP contribution in [0.15, 0.2) is 36.7 Å². The normalized spacial score (nSPS) is 12.6. The minimum absolute atomic E-state index is 0.0178. The van der Waals surface area contributed by atoms with E-state index in [1.165, 1.54) is 16.8 Å². The Kier molecular flexibility index (Phi) is 3.70. The molecule has 24 heavy (non-hydrogen) atoms. The highest BCUT2D eigenvalue weighted by Crippen LogP contribution is 2.28. The molecule has 0 aliphatic heterocycles. The molecule has 0 aliphatic rings. The molecule has 0 aromatic carbocycles. The van der Waals surface area contributed by atoms with Gasteiger partial charge < -0.3 is 5.32 Å². The maximum atomic E-state index is 12.7. The number of aromatic nitrogens is 4. The van der Waals surface area contributed by atoms with E-state index in [0.717, 1.165) is 6.07 Å². The number of anilines is 1. The van der Waals surface area contributed by atoms with Crippen molar-refractivity contribution in [3.63, 3.8) is 0 Å². The zero-order chi connectivity index (χ0) is 17.5. The molecular weight excluding hydrogens is 319 g/mol. The molecule has 1 N–H and O–H groups in total. The molecule has 0 unspecified atom stereocenters. The van der Waals surface area contributed by atoms with Gasteiger partial charge in [0, 0.05) is 11.7 Å². The van der Waals surface area contributed by atoms with E-state index in [-0.39, 0.29) is 11.3 Å². The first-order valence-corrected chi connectivity index (χ1v) is 7.30. The summed E-state index contributed by atoms with van der Waals surface area (Å²) >= 11 is 0. The molecule has 3 aromatic heterocycles. The Morgan fingerprint density at radius 3 is 2.46 bits per heavy atom. The number of hydrogen-bond donors (Lipinski definition) is 1. The van der Waals surface area contributed by atoms with Gasteiger partial charge in [-0.1, -0.05) is 6.07 Å². The highest BCUT2D eigenvalue weighted by atomic mass is 19.4. The minimum Gasteiger partial charge on any atom is -0.365 e. The van der Waals surface area contributed by atoms with Gasteiger partial charge in [0.2, 0.25) is 5.78 Å². The van der Waals surface area contributed by atoms with Gasteiger partial charge in [-0.05, 0) is 39.0 Å². The lowest BCUT2D eigenvalue weighted by atomic mass is 10.1. The minimum atomic E-state index is -4.50. The van der Waals surface area contributed by atoms with Crippen molar-refractivity contribution in [3.05, 3.63) is 42.4 Å². The van der Waals surface area contributed by atoms with E-state index < -0.39 is 11.9 Å². The van der Waals surface area contributed by atoms with Crippen molar-refractivity contribution in [1.82, 2.24) is 19.4 Å². The van der Waals surface area contributed by atoms with Crippen molar-refractivity contribution in [3.8, 4) is 11.4 Å². The molecule has 0 amide bonds. The van der Waals surface area contributed by atoms with Crippen molar-refractivity contribution in [2.45, 2.75) is 32.5 Å². The van der Waals surface area contributed by atoms with Crippen molar-refractivity contribution in [1.29, 1.82) is 0 Å². The summed E-state index contributed by atoms with van der Waals surface area (Å²) in [7, 11) is 0. The van der Waals surface area contributed by atoms with Gasteiger partial charge in [0.25, 0.3) is 0 Å². The molecule has 5 nitrogen and oxygen atoms in total. The Balaban J connectivity index is 2.03. The number of halogens is 3. The summed E-state index contributed by atoms with van der Waals surface area (Å²) in [6.07, 6.45) is -1.73. The Hall–Kier alpha value is -2.64. The number of pyridine rings is 1. The lowest BCUT2D eigenvalue weighted by Crippen LogP contribution is -2.26. The van der Waals surface area contributed by atoms with Crippen molar-refractivity contribution < 1.29 is 13.2 Å². The summed E-state index contributed by atoms with van der Waals surface area (Å²) in [4.78, 5) is 12.0. The smallest absolute Gasteiger partial charge is 0.365 e. The van der Waals surface area contributed by atoms with Crippen LogP contribution in [0.1, 0.15) is 26.5 Å². The predicted octanol–water partition coefficient (Wildman–Crippen LogP) is 4.02. The van der Waals surface area contributed by atoms with Gasteiger partial charge in [-0.2, -0.15) is 13.2 Å². The molecule has 0 bridgehead atoms. The number of nitrogens with zero attached hydrogens (tertiary/aromatic N) is 4. The quantitative estimate of drug-likeness (QED) is 0.768. The molecule has 126 valence electrons. The van der Waals surface area contributed by atoms with Gasteiger partial charge in [0.15, 0.2) is 0 Å². The lowest BCUT2D eigenvalue weighted by molar-refractivity contribution is -0.141. The summed E-state index contributed by atoms with van der Waals surface area (Å²) < 4.78 is 39.7. The van der Waals surface area contributed by atoms with Gasteiger partial charge in [0.1, 0.15) is 11.5 Å². The summed E-state index contributed by atoms with van der Waals surface area (Å²) in [5.41, 5.74) is 0.0409. The van der Waals surface area contributed by atoms with Crippen LogP contribution in [-0.2, 0) is 6.18 Å². The fourth-order valence-corrected chi connectivity index (χ4v) is 2.25.